The molecule has 3 aliphatic rings. The number of hydrogen-bond donors (Lipinski definition) is 2. The maximum atomic E-state index is 11.6. The second kappa shape index (κ2) is 4.74. The summed E-state index contributed by atoms with van der Waals surface area (Å²) in [6, 6.07) is 5.84. The Morgan fingerprint density at radius 1 is 1.23 bits per heavy atom. The van der Waals surface area contributed by atoms with Gasteiger partial charge in [0.25, 0.3) is 0 Å². The quantitative estimate of drug-likeness (QED) is 0.825. The summed E-state index contributed by atoms with van der Waals surface area (Å²) in [5.41, 5.74) is 2.70. The molecule has 0 heterocycles. The highest BCUT2D eigenvalue weighted by molar-refractivity contribution is 5.71. The van der Waals surface area contributed by atoms with Crippen LogP contribution in [0.1, 0.15) is 56.1 Å². The SMILES string of the molecule is C[C@]12CC[C@@H]3c4ccc(O)cc4CC[C@H]3[C@@H]1CC[C@@H]2C(=O)O. The van der Waals surface area contributed by atoms with Gasteiger partial charge in [-0.3, -0.25) is 4.79 Å². The van der Waals surface area contributed by atoms with E-state index < -0.39 is 5.97 Å². The van der Waals surface area contributed by atoms with E-state index in [1.807, 2.05) is 12.1 Å². The van der Waals surface area contributed by atoms with Crippen molar-refractivity contribution in [2.45, 2.75) is 51.4 Å². The molecule has 1 aromatic rings. The summed E-state index contributed by atoms with van der Waals surface area (Å²) < 4.78 is 0. The number of phenolic OH excluding ortho intramolecular Hbond substituents is 1. The van der Waals surface area contributed by atoms with Gasteiger partial charge in [-0.25, -0.2) is 0 Å². The summed E-state index contributed by atoms with van der Waals surface area (Å²) in [6.45, 7) is 2.23. The number of aliphatic carboxylic acids is 1. The molecule has 0 radical (unpaired) electrons. The van der Waals surface area contributed by atoms with Gasteiger partial charge in [0, 0.05) is 0 Å². The average molecular weight is 300 g/mol. The third kappa shape index (κ3) is 1.84. The Morgan fingerprint density at radius 2 is 2.05 bits per heavy atom. The lowest BCUT2D eigenvalue weighted by Crippen LogP contribution is -2.43. The van der Waals surface area contributed by atoms with Crippen molar-refractivity contribution in [1.29, 1.82) is 0 Å². The number of aryl methyl sites for hydroxylation is 1. The number of carbonyl (C=O) groups is 1. The van der Waals surface area contributed by atoms with Gasteiger partial charge in [-0.05, 0) is 85.0 Å². The van der Waals surface area contributed by atoms with E-state index in [2.05, 4.69) is 13.0 Å². The molecule has 0 aromatic heterocycles. The van der Waals surface area contributed by atoms with E-state index in [0.717, 1.165) is 38.5 Å². The van der Waals surface area contributed by atoms with E-state index in [9.17, 15) is 15.0 Å². The van der Waals surface area contributed by atoms with Crippen molar-refractivity contribution >= 4 is 5.97 Å². The molecule has 0 amide bonds. The number of phenols is 1. The zero-order valence-corrected chi connectivity index (χ0v) is 13.1. The van der Waals surface area contributed by atoms with Crippen molar-refractivity contribution in [2.24, 2.45) is 23.2 Å². The normalized spacial score (nSPS) is 39.7. The topological polar surface area (TPSA) is 57.5 Å². The molecule has 0 bridgehead atoms. The molecule has 0 aliphatic heterocycles. The molecular weight excluding hydrogens is 276 g/mol. The van der Waals surface area contributed by atoms with Gasteiger partial charge in [-0.2, -0.15) is 0 Å². The Bertz CT molecular complexity index is 623. The molecule has 2 N–H and O–H groups in total. The van der Waals surface area contributed by atoms with Crippen molar-refractivity contribution in [1.82, 2.24) is 0 Å². The highest BCUT2D eigenvalue weighted by Gasteiger charge is 2.56. The molecule has 3 heteroatoms. The van der Waals surface area contributed by atoms with Gasteiger partial charge in [0.15, 0.2) is 0 Å². The molecule has 0 spiro atoms. The van der Waals surface area contributed by atoms with Gasteiger partial charge >= 0.3 is 5.97 Å². The fraction of sp³-hybridized carbons (Fsp3) is 0.632. The van der Waals surface area contributed by atoms with Crippen molar-refractivity contribution < 1.29 is 15.0 Å². The molecular formula is C19H24O3. The van der Waals surface area contributed by atoms with Crippen molar-refractivity contribution in [3.8, 4) is 5.75 Å². The largest absolute Gasteiger partial charge is 0.508 e. The summed E-state index contributed by atoms with van der Waals surface area (Å²) in [7, 11) is 0. The Morgan fingerprint density at radius 3 is 2.82 bits per heavy atom. The molecule has 0 unspecified atom stereocenters. The zero-order chi connectivity index (χ0) is 15.5. The van der Waals surface area contributed by atoms with Crippen LogP contribution in [0, 0.1) is 23.2 Å². The minimum absolute atomic E-state index is 0.0125. The van der Waals surface area contributed by atoms with Crippen LogP contribution in [0.2, 0.25) is 0 Å². The van der Waals surface area contributed by atoms with Gasteiger partial charge in [0.1, 0.15) is 5.75 Å². The average Bonchev–Trinajstić information content (AvgIpc) is 2.84. The van der Waals surface area contributed by atoms with Gasteiger partial charge in [-0.15, -0.1) is 0 Å². The molecule has 4 rings (SSSR count). The first-order valence-electron chi connectivity index (χ1n) is 8.55. The lowest BCUT2D eigenvalue weighted by Gasteiger charge is -2.50. The number of fused-ring (bicyclic) bond motifs is 5. The van der Waals surface area contributed by atoms with Crippen LogP contribution in [-0.2, 0) is 11.2 Å². The molecule has 118 valence electrons. The lowest BCUT2D eigenvalue weighted by atomic mass is 9.54. The second-order valence-electron chi connectivity index (χ2n) is 7.81. The van der Waals surface area contributed by atoms with Crippen molar-refractivity contribution in [3.05, 3.63) is 29.3 Å². The van der Waals surface area contributed by atoms with Crippen LogP contribution >= 0.6 is 0 Å². The maximum absolute atomic E-state index is 11.6. The van der Waals surface area contributed by atoms with Crippen molar-refractivity contribution in [3.63, 3.8) is 0 Å². The van der Waals surface area contributed by atoms with E-state index in [1.54, 1.807) is 0 Å². The highest BCUT2D eigenvalue weighted by Crippen LogP contribution is 2.63. The first-order valence-corrected chi connectivity index (χ1v) is 8.55. The molecule has 2 saturated carbocycles. The van der Waals surface area contributed by atoms with Crippen LogP contribution < -0.4 is 0 Å². The number of rotatable bonds is 1. The standard InChI is InChI=1S/C19H24O3/c1-19-9-8-14-13-5-3-12(20)10-11(13)2-4-15(14)16(19)6-7-17(19)18(21)22/h3,5,10,14-17,20H,2,4,6-9H2,1H3,(H,21,22)/t14-,15-,16+,17-,19+/m1/s1. The monoisotopic (exact) mass is 300 g/mol. The minimum Gasteiger partial charge on any atom is -0.508 e. The fourth-order valence-electron chi connectivity index (χ4n) is 5.97. The Labute approximate surface area is 131 Å². The van der Waals surface area contributed by atoms with E-state index in [1.165, 1.54) is 11.1 Å². The summed E-state index contributed by atoms with van der Waals surface area (Å²) in [6.07, 6.45) is 6.21. The van der Waals surface area contributed by atoms with Gasteiger partial charge in [0.05, 0.1) is 5.92 Å². The van der Waals surface area contributed by atoms with E-state index >= 15 is 0 Å². The number of hydrogen-bond acceptors (Lipinski definition) is 2. The van der Waals surface area contributed by atoms with E-state index in [-0.39, 0.29) is 11.3 Å². The first kappa shape index (κ1) is 14.1. The molecule has 3 aliphatic carbocycles. The molecule has 0 saturated heterocycles. The zero-order valence-electron chi connectivity index (χ0n) is 13.1. The number of carboxylic acid groups (broad SMARTS) is 1. The fourth-order valence-corrected chi connectivity index (χ4v) is 5.97. The van der Waals surface area contributed by atoms with Crippen LogP contribution in [0.5, 0.6) is 5.75 Å². The summed E-state index contributed by atoms with van der Waals surface area (Å²) in [5.74, 6) is 1.36. The Kier molecular flexibility index (Phi) is 3.04. The Hall–Kier alpha value is -1.51. The molecule has 2 fully saturated rings. The molecule has 5 atom stereocenters. The third-order valence-corrected chi connectivity index (χ3v) is 7.01. The minimum atomic E-state index is -0.593. The highest BCUT2D eigenvalue weighted by atomic mass is 16.4. The predicted octanol–water partition coefficient (Wildman–Crippen LogP) is 3.95. The summed E-state index contributed by atoms with van der Waals surface area (Å²) in [5, 5.41) is 19.3. The van der Waals surface area contributed by atoms with E-state index in [4.69, 9.17) is 0 Å². The van der Waals surface area contributed by atoms with Crippen LogP contribution in [0.15, 0.2) is 18.2 Å². The van der Waals surface area contributed by atoms with Crippen LogP contribution in [0.25, 0.3) is 0 Å². The first-order chi connectivity index (χ1) is 10.5. The van der Waals surface area contributed by atoms with Gasteiger partial charge < -0.3 is 10.2 Å². The van der Waals surface area contributed by atoms with E-state index in [0.29, 0.717) is 23.5 Å². The van der Waals surface area contributed by atoms with Crippen LogP contribution in [0.4, 0.5) is 0 Å². The number of carboxylic acids is 1. The van der Waals surface area contributed by atoms with Crippen LogP contribution in [0.3, 0.4) is 0 Å². The number of benzene rings is 1. The lowest BCUT2D eigenvalue weighted by molar-refractivity contribution is -0.147. The summed E-state index contributed by atoms with van der Waals surface area (Å²) >= 11 is 0. The molecule has 1 aromatic carbocycles. The van der Waals surface area contributed by atoms with Gasteiger partial charge in [-0.1, -0.05) is 13.0 Å². The maximum Gasteiger partial charge on any atom is 0.307 e. The predicted molar refractivity (Wildman–Crippen MR) is 83.8 cm³/mol. The third-order valence-electron chi connectivity index (χ3n) is 7.01. The second-order valence-corrected chi connectivity index (χ2v) is 7.81. The van der Waals surface area contributed by atoms with Crippen molar-refractivity contribution in [2.75, 3.05) is 0 Å². The van der Waals surface area contributed by atoms with Gasteiger partial charge in [0.2, 0.25) is 0 Å². The molecule has 22 heavy (non-hydrogen) atoms. The Balaban J connectivity index is 1.69. The van der Waals surface area contributed by atoms with Crippen LogP contribution in [-0.4, -0.2) is 16.2 Å². The smallest absolute Gasteiger partial charge is 0.307 e. The number of aromatic hydroxyl groups is 1. The summed E-state index contributed by atoms with van der Waals surface area (Å²) in [4.78, 5) is 11.6. The molecule has 3 nitrogen and oxygen atoms in total.